The molecule has 2 N–H and O–H groups in total. The Kier molecular flexibility index (Phi) is 6.17. The number of thiophene rings is 1. The molecule has 122 valence electrons. The first-order chi connectivity index (χ1) is 11.1. The van der Waals surface area contributed by atoms with Crippen LogP contribution >= 0.6 is 11.3 Å². The first-order valence-electron chi connectivity index (χ1n) is 7.42. The molecule has 0 spiro atoms. The minimum atomic E-state index is -0.430. The van der Waals surface area contributed by atoms with Gasteiger partial charge in [-0.2, -0.15) is 0 Å². The van der Waals surface area contributed by atoms with Crippen LogP contribution < -0.4 is 10.6 Å². The maximum Gasteiger partial charge on any atom is 0.341 e. The molecule has 0 aliphatic heterocycles. The number of carbonyl (C=O) groups excluding carboxylic acids is 2. The number of nitrogens with one attached hydrogen (secondary N) is 2. The zero-order chi connectivity index (χ0) is 16.7. The first kappa shape index (κ1) is 17.0. The summed E-state index contributed by atoms with van der Waals surface area (Å²) in [6, 6.07) is 9.58. The molecule has 0 fully saturated rings. The van der Waals surface area contributed by atoms with Gasteiger partial charge in [0.15, 0.2) is 0 Å². The Hall–Kier alpha value is -2.34. The topological polar surface area (TPSA) is 67.4 Å². The summed E-state index contributed by atoms with van der Waals surface area (Å²) in [7, 11) is 0. The lowest BCUT2D eigenvalue weighted by molar-refractivity contribution is 0.0380. The summed E-state index contributed by atoms with van der Waals surface area (Å²) < 4.78 is 5.15. The molecule has 0 saturated carbocycles. The van der Waals surface area contributed by atoms with Gasteiger partial charge in [-0.1, -0.05) is 30.3 Å². The first-order valence-corrected chi connectivity index (χ1v) is 8.36. The molecule has 5 nitrogen and oxygen atoms in total. The minimum Gasteiger partial charge on any atom is -0.459 e. The third-order valence-electron chi connectivity index (χ3n) is 3.01. The molecule has 0 radical (unpaired) electrons. The number of anilines is 1. The molecule has 1 heterocycles. The van der Waals surface area contributed by atoms with Crippen LogP contribution in [-0.4, -0.2) is 24.6 Å². The van der Waals surface area contributed by atoms with Crippen molar-refractivity contribution in [2.45, 2.75) is 26.4 Å². The molecule has 1 aromatic heterocycles. The van der Waals surface area contributed by atoms with Gasteiger partial charge in [-0.15, -0.1) is 11.3 Å². The summed E-state index contributed by atoms with van der Waals surface area (Å²) in [6.45, 7) is 4.09. The van der Waals surface area contributed by atoms with Gasteiger partial charge in [-0.3, -0.25) is 0 Å². The Morgan fingerprint density at radius 3 is 2.61 bits per heavy atom. The van der Waals surface area contributed by atoms with Crippen molar-refractivity contribution < 1.29 is 14.3 Å². The third kappa shape index (κ3) is 5.41. The van der Waals surface area contributed by atoms with Gasteiger partial charge in [-0.05, 0) is 25.8 Å². The standard InChI is InChI=1S/C17H20N2O3S/c1-12(2)22-16(20)14-10-23-11-15(14)19-17(21)18-9-8-13-6-4-3-5-7-13/h3-7,10-12H,8-9H2,1-2H3,(H2,18,19,21). The summed E-state index contributed by atoms with van der Waals surface area (Å²) in [4.78, 5) is 23.9. The van der Waals surface area contributed by atoms with Crippen LogP contribution in [0.5, 0.6) is 0 Å². The molecule has 2 rings (SSSR count). The monoisotopic (exact) mass is 332 g/mol. The zero-order valence-electron chi connectivity index (χ0n) is 13.2. The number of amides is 2. The van der Waals surface area contributed by atoms with E-state index in [-0.39, 0.29) is 12.1 Å². The van der Waals surface area contributed by atoms with Gasteiger partial charge in [0, 0.05) is 17.3 Å². The van der Waals surface area contributed by atoms with E-state index in [0.29, 0.717) is 17.8 Å². The van der Waals surface area contributed by atoms with Crippen molar-refractivity contribution in [3.05, 3.63) is 52.2 Å². The SMILES string of the molecule is CC(C)OC(=O)c1cscc1NC(=O)NCCc1ccccc1. The Morgan fingerprint density at radius 1 is 1.17 bits per heavy atom. The highest BCUT2D eigenvalue weighted by Crippen LogP contribution is 2.22. The summed E-state index contributed by atoms with van der Waals surface area (Å²) in [5.74, 6) is -0.430. The minimum absolute atomic E-state index is 0.199. The third-order valence-corrected chi connectivity index (χ3v) is 3.76. The number of carbonyl (C=O) groups is 2. The zero-order valence-corrected chi connectivity index (χ0v) is 14.0. The molecular weight excluding hydrogens is 312 g/mol. The Bertz CT molecular complexity index is 653. The fourth-order valence-electron chi connectivity index (χ4n) is 1.96. The van der Waals surface area contributed by atoms with E-state index in [1.165, 1.54) is 11.3 Å². The molecule has 6 heteroatoms. The van der Waals surface area contributed by atoms with E-state index in [1.54, 1.807) is 24.6 Å². The number of rotatable bonds is 6. The molecular formula is C17H20N2O3S. The van der Waals surface area contributed by atoms with Crippen molar-refractivity contribution in [3.8, 4) is 0 Å². The Balaban J connectivity index is 1.84. The van der Waals surface area contributed by atoms with E-state index in [9.17, 15) is 9.59 Å². The molecule has 23 heavy (non-hydrogen) atoms. The van der Waals surface area contributed by atoms with E-state index in [0.717, 1.165) is 12.0 Å². The van der Waals surface area contributed by atoms with Crippen LogP contribution in [0.15, 0.2) is 41.1 Å². The number of hydrogen-bond donors (Lipinski definition) is 2. The van der Waals surface area contributed by atoms with E-state index < -0.39 is 5.97 Å². The van der Waals surface area contributed by atoms with Crippen molar-refractivity contribution in [3.63, 3.8) is 0 Å². The Labute approximate surface area is 139 Å². The Morgan fingerprint density at radius 2 is 1.91 bits per heavy atom. The van der Waals surface area contributed by atoms with Gasteiger partial charge in [-0.25, -0.2) is 9.59 Å². The van der Waals surface area contributed by atoms with E-state index in [4.69, 9.17) is 4.74 Å². The van der Waals surface area contributed by atoms with Crippen LogP contribution in [0.3, 0.4) is 0 Å². The van der Waals surface area contributed by atoms with E-state index >= 15 is 0 Å². The van der Waals surface area contributed by atoms with Gasteiger partial charge in [0.1, 0.15) is 0 Å². The molecule has 2 amide bonds. The van der Waals surface area contributed by atoms with Crippen molar-refractivity contribution in [1.29, 1.82) is 0 Å². The molecule has 0 atom stereocenters. The molecule has 0 bridgehead atoms. The number of hydrogen-bond acceptors (Lipinski definition) is 4. The van der Waals surface area contributed by atoms with E-state index in [1.807, 2.05) is 30.3 Å². The highest BCUT2D eigenvalue weighted by Gasteiger charge is 2.16. The second-order valence-corrected chi connectivity index (χ2v) is 6.01. The lowest BCUT2D eigenvalue weighted by Gasteiger charge is -2.10. The molecule has 0 aliphatic rings. The second kappa shape index (κ2) is 8.33. The van der Waals surface area contributed by atoms with Crippen LogP contribution in [0, 0.1) is 0 Å². The lowest BCUT2D eigenvalue weighted by atomic mass is 10.1. The average molecular weight is 332 g/mol. The van der Waals surface area contributed by atoms with Gasteiger partial charge < -0.3 is 15.4 Å². The number of benzene rings is 1. The molecule has 2 aromatic rings. The largest absolute Gasteiger partial charge is 0.459 e. The molecule has 0 unspecified atom stereocenters. The van der Waals surface area contributed by atoms with Crippen LogP contribution in [0.1, 0.15) is 29.8 Å². The highest BCUT2D eigenvalue weighted by molar-refractivity contribution is 7.08. The van der Waals surface area contributed by atoms with Crippen LogP contribution in [0.25, 0.3) is 0 Å². The highest BCUT2D eigenvalue weighted by atomic mass is 32.1. The average Bonchev–Trinajstić information content (AvgIpc) is 2.96. The van der Waals surface area contributed by atoms with Crippen molar-refractivity contribution in [2.24, 2.45) is 0 Å². The summed E-state index contributed by atoms with van der Waals surface area (Å²) in [5.41, 5.74) is 2.00. The van der Waals surface area contributed by atoms with Gasteiger partial charge >= 0.3 is 12.0 Å². The fourth-order valence-corrected chi connectivity index (χ4v) is 2.71. The smallest absolute Gasteiger partial charge is 0.341 e. The van der Waals surface area contributed by atoms with Gasteiger partial charge in [0.2, 0.25) is 0 Å². The predicted molar refractivity (Wildman–Crippen MR) is 92.0 cm³/mol. The van der Waals surface area contributed by atoms with Gasteiger partial charge in [0.05, 0.1) is 17.4 Å². The quantitative estimate of drug-likeness (QED) is 0.793. The second-order valence-electron chi connectivity index (χ2n) is 5.27. The van der Waals surface area contributed by atoms with Crippen molar-refractivity contribution >= 4 is 29.0 Å². The van der Waals surface area contributed by atoms with Crippen LogP contribution in [0.4, 0.5) is 10.5 Å². The maximum atomic E-state index is 11.9. The van der Waals surface area contributed by atoms with E-state index in [2.05, 4.69) is 10.6 Å². The number of ether oxygens (including phenoxy) is 1. The number of esters is 1. The van der Waals surface area contributed by atoms with Gasteiger partial charge in [0.25, 0.3) is 0 Å². The lowest BCUT2D eigenvalue weighted by Crippen LogP contribution is -2.30. The summed E-state index contributed by atoms with van der Waals surface area (Å²) >= 11 is 1.34. The summed E-state index contributed by atoms with van der Waals surface area (Å²) in [5, 5.41) is 8.86. The van der Waals surface area contributed by atoms with Crippen LogP contribution in [0.2, 0.25) is 0 Å². The predicted octanol–water partition coefficient (Wildman–Crippen LogP) is 3.68. The molecule has 1 aromatic carbocycles. The number of urea groups is 1. The molecule has 0 saturated heterocycles. The maximum absolute atomic E-state index is 11.9. The normalized spacial score (nSPS) is 10.4. The van der Waals surface area contributed by atoms with Crippen LogP contribution in [-0.2, 0) is 11.2 Å². The fraction of sp³-hybridized carbons (Fsp3) is 0.294. The summed E-state index contributed by atoms with van der Waals surface area (Å²) in [6.07, 6.45) is 0.551. The van der Waals surface area contributed by atoms with Crippen molar-refractivity contribution in [1.82, 2.24) is 5.32 Å². The molecule has 0 aliphatic carbocycles. The van der Waals surface area contributed by atoms with Crippen molar-refractivity contribution in [2.75, 3.05) is 11.9 Å².